The van der Waals surface area contributed by atoms with Crippen LogP contribution in [0.1, 0.15) is 0 Å². The first-order valence-electron chi connectivity index (χ1n) is 13.0. The first kappa shape index (κ1) is 22.9. The Morgan fingerprint density at radius 2 is 0.846 bits per heavy atom. The highest BCUT2D eigenvalue weighted by Crippen LogP contribution is 2.39. The standard InChI is InChI=1S/C36H25NO2/c1-3-11-27(12-4-1)38-29-21-19-26(20-22-29)31-24-23-30(39-28-13-5-2-6-14-28)25-36(31)37-34-17-9-7-15-32(34)33-16-8-10-18-35(33)37/h1-25H. The maximum atomic E-state index is 6.28. The monoisotopic (exact) mass is 503 g/mol. The van der Waals surface area contributed by atoms with Crippen molar-refractivity contribution in [3.63, 3.8) is 0 Å². The molecule has 0 saturated heterocycles. The summed E-state index contributed by atoms with van der Waals surface area (Å²) in [5.74, 6) is 3.21. The van der Waals surface area contributed by atoms with Gasteiger partial charge in [0, 0.05) is 22.4 Å². The van der Waals surface area contributed by atoms with Crippen molar-refractivity contribution in [3.8, 4) is 39.8 Å². The van der Waals surface area contributed by atoms with Gasteiger partial charge in [0.25, 0.3) is 0 Å². The first-order valence-corrected chi connectivity index (χ1v) is 13.0. The number of para-hydroxylation sites is 4. The zero-order valence-corrected chi connectivity index (χ0v) is 21.2. The molecule has 7 aromatic rings. The van der Waals surface area contributed by atoms with E-state index in [0.717, 1.165) is 50.8 Å². The molecular weight excluding hydrogens is 478 g/mol. The predicted molar refractivity (Wildman–Crippen MR) is 159 cm³/mol. The molecule has 0 aliphatic rings. The summed E-state index contributed by atoms with van der Waals surface area (Å²) in [6.45, 7) is 0. The van der Waals surface area contributed by atoms with E-state index in [1.807, 2.05) is 78.9 Å². The lowest BCUT2D eigenvalue weighted by Crippen LogP contribution is -1.98. The fourth-order valence-corrected chi connectivity index (χ4v) is 5.14. The van der Waals surface area contributed by atoms with Crippen LogP contribution in [0, 0.1) is 0 Å². The van der Waals surface area contributed by atoms with Crippen LogP contribution < -0.4 is 9.47 Å². The van der Waals surface area contributed by atoms with E-state index in [4.69, 9.17) is 9.47 Å². The molecular formula is C36H25NO2. The molecule has 0 fully saturated rings. The van der Waals surface area contributed by atoms with Gasteiger partial charge < -0.3 is 14.0 Å². The summed E-state index contributed by atoms with van der Waals surface area (Å²) in [5.41, 5.74) is 5.56. The summed E-state index contributed by atoms with van der Waals surface area (Å²) in [5, 5.41) is 2.44. The average molecular weight is 504 g/mol. The molecule has 1 aromatic heterocycles. The van der Waals surface area contributed by atoms with Crippen molar-refractivity contribution in [2.24, 2.45) is 0 Å². The van der Waals surface area contributed by atoms with Crippen LogP contribution in [0.2, 0.25) is 0 Å². The van der Waals surface area contributed by atoms with Crippen molar-refractivity contribution in [1.29, 1.82) is 0 Å². The van der Waals surface area contributed by atoms with Crippen molar-refractivity contribution in [2.75, 3.05) is 0 Å². The summed E-state index contributed by atoms with van der Waals surface area (Å²) in [4.78, 5) is 0. The van der Waals surface area contributed by atoms with Crippen LogP contribution in [0.3, 0.4) is 0 Å². The van der Waals surface area contributed by atoms with Crippen LogP contribution in [0.5, 0.6) is 23.0 Å². The Morgan fingerprint density at radius 3 is 1.44 bits per heavy atom. The van der Waals surface area contributed by atoms with Gasteiger partial charge in [-0.1, -0.05) is 84.9 Å². The minimum atomic E-state index is 0.783. The smallest absolute Gasteiger partial charge is 0.129 e. The van der Waals surface area contributed by atoms with E-state index in [2.05, 4.69) is 77.4 Å². The SMILES string of the molecule is c1ccc(Oc2ccc(-c3ccc(Oc4ccccc4)cc3-n3c4ccccc4c4ccccc43)cc2)cc1. The summed E-state index contributed by atoms with van der Waals surface area (Å²) < 4.78 is 14.7. The molecule has 39 heavy (non-hydrogen) atoms. The largest absolute Gasteiger partial charge is 0.457 e. The van der Waals surface area contributed by atoms with Gasteiger partial charge in [0.2, 0.25) is 0 Å². The molecule has 7 rings (SSSR count). The number of hydrogen-bond acceptors (Lipinski definition) is 2. The molecule has 0 spiro atoms. The van der Waals surface area contributed by atoms with Crippen LogP contribution in [-0.4, -0.2) is 4.57 Å². The highest BCUT2D eigenvalue weighted by molar-refractivity contribution is 6.09. The van der Waals surface area contributed by atoms with Gasteiger partial charge in [-0.25, -0.2) is 0 Å². The van der Waals surface area contributed by atoms with Gasteiger partial charge in [-0.15, -0.1) is 0 Å². The van der Waals surface area contributed by atoms with Gasteiger partial charge in [-0.3, -0.25) is 0 Å². The molecule has 6 aromatic carbocycles. The molecule has 0 saturated carbocycles. The molecule has 0 N–H and O–H groups in total. The van der Waals surface area contributed by atoms with Crippen molar-refractivity contribution >= 4 is 21.8 Å². The van der Waals surface area contributed by atoms with Gasteiger partial charge in [0.15, 0.2) is 0 Å². The van der Waals surface area contributed by atoms with Gasteiger partial charge in [0.05, 0.1) is 16.7 Å². The van der Waals surface area contributed by atoms with Gasteiger partial charge >= 0.3 is 0 Å². The van der Waals surface area contributed by atoms with Crippen LogP contribution in [0.25, 0.3) is 38.6 Å². The van der Waals surface area contributed by atoms with Gasteiger partial charge in [0.1, 0.15) is 23.0 Å². The van der Waals surface area contributed by atoms with Crippen molar-refractivity contribution in [3.05, 3.63) is 152 Å². The Bertz CT molecular complexity index is 1840. The van der Waals surface area contributed by atoms with Crippen molar-refractivity contribution < 1.29 is 9.47 Å². The second-order valence-electron chi connectivity index (χ2n) is 9.40. The number of nitrogens with zero attached hydrogens (tertiary/aromatic N) is 1. The van der Waals surface area contributed by atoms with Crippen molar-refractivity contribution in [1.82, 2.24) is 4.57 Å². The van der Waals surface area contributed by atoms with Crippen LogP contribution in [0.15, 0.2) is 152 Å². The Morgan fingerprint density at radius 1 is 0.385 bits per heavy atom. The first-order chi connectivity index (χ1) is 19.3. The lowest BCUT2D eigenvalue weighted by Gasteiger charge is -2.16. The van der Waals surface area contributed by atoms with E-state index < -0.39 is 0 Å². The molecule has 0 unspecified atom stereocenters. The fourth-order valence-electron chi connectivity index (χ4n) is 5.14. The third-order valence-electron chi connectivity index (χ3n) is 6.91. The highest BCUT2D eigenvalue weighted by Gasteiger charge is 2.16. The summed E-state index contributed by atoms with van der Waals surface area (Å²) in [6.07, 6.45) is 0. The van der Waals surface area contributed by atoms with E-state index in [-0.39, 0.29) is 0 Å². The molecule has 0 bridgehead atoms. The summed E-state index contributed by atoms with van der Waals surface area (Å²) >= 11 is 0. The number of benzene rings is 6. The minimum absolute atomic E-state index is 0.783. The Labute approximate surface area is 227 Å². The number of hydrogen-bond donors (Lipinski definition) is 0. The normalized spacial score (nSPS) is 11.1. The third kappa shape index (κ3) is 4.41. The van der Waals surface area contributed by atoms with Crippen LogP contribution >= 0.6 is 0 Å². The molecule has 3 heteroatoms. The second-order valence-corrected chi connectivity index (χ2v) is 9.40. The molecule has 0 radical (unpaired) electrons. The van der Waals surface area contributed by atoms with Gasteiger partial charge in [-0.05, 0) is 66.2 Å². The van der Waals surface area contributed by atoms with Crippen LogP contribution in [-0.2, 0) is 0 Å². The topological polar surface area (TPSA) is 23.4 Å². The molecule has 0 aliphatic heterocycles. The lowest BCUT2D eigenvalue weighted by molar-refractivity contribution is 0.482. The van der Waals surface area contributed by atoms with Crippen LogP contribution in [0.4, 0.5) is 0 Å². The number of aromatic nitrogens is 1. The summed E-state index contributed by atoms with van der Waals surface area (Å²) in [7, 11) is 0. The van der Waals surface area contributed by atoms with E-state index >= 15 is 0 Å². The van der Waals surface area contributed by atoms with Crippen molar-refractivity contribution in [2.45, 2.75) is 0 Å². The number of fused-ring (bicyclic) bond motifs is 3. The Balaban J connectivity index is 1.38. The average Bonchev–Trinajstić information content (AvgIpc) is 3.33. The van der Waals surface area contributed by atoms with E-state index in [1.54, 1.807) is 0 Å². The summed E-state index contributed by atoms with van der Waals surface area (Å²) in [6, 6.07) is 51.5. The second kappa shape index (κ2) is 9.88. The van der Waals surface area contributed by atoms with E-state index in [0.29, 0.717) is 0 Å². The lowest BCUT2D eigenvalue weighted by atomic mass is 10.0. The molecule has 3 nitrogen and oxygen atoms in total. The fraction of sp³-hybridized carbons (Fsp3) is 0. The Kier molecular flexibility index (Phi) is 5.80. The zero-order valence-electron chi connectivity index (χ0n) is 21.2. The Hall–Kier alpha value is -5.28. The maximum Gasteiger partial charge on any atom is 0.129 e. The highest BCUT2D eigenvalue weighted by atomic mass is 16.5. The van der Waals surface area contributed by atoms with Gasteiger partial charge in [-0.2, -0.15) is 0 Å². The maximum absolute atomic E-state index is 6.28. The van der Waals surface area contributed by atoms with E-state index in [9.17, 15) is 0 Å². The molecule has 0 amide bonds. The van der Waals surface area contributed by atoms with E-state index in [1.165, 1.54) is 10.8 Å². The molecule has 1 heterocycles. The number of rotatable bonds is 6. The molecule has 0 atom stereocenters. The zero-order chi connectivity index (χ0) is 26.0. The minimum Gasteiger partial charge on any atom is -0.457 e. The number of ether oxygens (including phenoxy) is 2. The molecule has 0 aliphatic carbocycles. The predicted octanol–water partition coefficient (Wildman–Crippen LogP) is 10.0. The molecule has 186 valence electrons. The third-order valence-corrected chi connectivity index (χ3v) is 6.91. The quantitative estimate of drug-likeness (QED) is 0.225.